The summed E-state index contributed by atoms with van der Waals surface area (Å²) in [5, 5.41) is 2.67. The number of ether oxygens (including phenoxy) is 6. The van der Waals surface area contributed by atoms with Crippen LogP contribution in [0, 0.1) is 18.6 Å². The van der Waals surface area contributed by atoms with Gasteiger partial charge in [0.2, 0.25) is 5.88 Å². The van der Waals surface area contributed by atoms with E-state index < -0.39 is 0 Å². The molecule has 630 valence electrons. The van der Waals surface area contributed by atoms with Crippen LogP contribution >= 0.6 is 0 Å². The summed E-state index contributed by atoms with van der Waals surface area (Å²) in [6.07, 6.45) is 20.2. The van der Waals surface area contributed by atoms with E-state index in [1.807, 2.05) is 132 Å². The lowest BCUT2D eigenvalue weighted by atomic mass is 9.98. The van der Waals surface area contributed by atoms with Gasteiger partial charge in [-0.3, -0.25) is 0 Å². The highest BCUT2D eigenvalue weighted by Crippen LogP contribution is 2.32. The molecular weight excluding hydrogens is 1470 g/mol. The van der Waals surface area contributed by atoms with E-state index in [4.69, 9.17) is 28.4 Å². The monoisotopic (exact) mass is 1600 g/mol. The quantitative estimate of drug-likeness (QED) is 0.0894. The first kappa shape index (κ1) is 97.5. The Kier molecular flexibility index (Phi) is 42.9. The Morgan fingerprint density at radius 2 is 0.754 bits per heavy atom. The van der Waals surface area contributed by atoms with Crippen LogP contribution in [0.5, 0.6) is 35.1 Å². The third kappa shape index (κ3) is 34.2. The zero-order valence-electron chi connectivity index (χ0n) is 74.8. The van der Waals surface area contributed by atoms with Crippen molar-refractivity contribution in [3.05, 3.63) is 304 Å². The highest BCUT2D eigenvalue weighted by atomic mass is 19.1. The van der Waals surface area contributed by atoms with Crippen molar-refractivity contribution < 1.29 is 37.2 Å². The maximum atomic E-state index is 13.9. The molecule has 12 aromatic rings. The molecule has 15 nitrogen and oxygen atoms in total. The van der Waals surface area contributed by atoms with Gasteiger partial charge in [0.25, 0.3) is 0 Å². The fraction of sp³-hybridized carbons (Fsp3) is 0.396. The summed E-state index contributed by atoms with van der Waals surface area (Å²) in [5.74, 6) is 8.66. The molecule has 14 rings (SSSR count). The number of aromatic nitrogens is 9. The van der Waals surface area contributed by atoms with Gasteiger partial charge in [-0.15, -0.1) is 0 Å². The fourth-order valence-corrected chi connectivity index (χ4v) is 11.2. The van der Waals surface area contributed by atoms with Gasteiger partial charge < -0.3 is 28.4 Å². The Balaban J connectivity index is 0.000000234. The minimum Gasteiger partial charge on any atom is -0.494 e. The first-order valence-electron chi connectivity index (χ1n) is 41.4. The number of pyridine rings is 1. The predicted molar refractivity (Wildman–Crippen MR) is 482 cm³/mol. The first-order chi connectivity index (χ1) is 56.4. The molecule has 7 heterocycles. The smallest absolute Gasteiger partial charge is 0.316 e. The molecule has 0 N–H and O–H groups in total. The van der Waals surface area contributed by atoms with Crippen molar-refractivity contribution >= 4 is 10.8 Å². The van der Waals surface area contributed by atoms with Gasteiger partial charge in [-0.25, -0.2) is 53.6 Å². The van der Waals surface area contributed by atoms with E-state index in [-0.39, 0.29) is 11.6 Å². The molecule has 2 aliphatic heterocycles. The van der Waals surface area contributed by atoms with Gasteiger partial charge in [0.05, 0.1) is 41.2 Å². The number of halogens is 2. The van der Waals surface area contributed by atoms with Crippen molar-refractivity contribution in [2.24, 2.45) is 0 Å². The molecular formula is C101H131F2N9O6. The SMILES string of the molecule is CC(C)c1ccc(-c2ccccc2)c(F)c1.CC(C)c1ccc2c(c1)CCO2.CC(C)c1ccc2c(c1)OCC2.CC(C)c1ccc2ccccc2c1.CC(C)c1cncnc1.CCOc1ncc(C(C)C)cn1.COc1ccc(C(C)C)cc1F.COc1ccc(C(C)C)cn1.COc1ncc(C(C)C)cn1.Cc1ncc(C(C)C)cn1. The number of fused-ring (bicyclic) bond motifs is 3. The summed E-state index contributed by atoms with van der Waals surface area (Å²) in [7, 11) is 4.65. The number of aryl methyl sites for hydroxylation is 1. The van der Waals surface area contributed by atoms with E-state index in [1.54, 1.807) is 45.1 Å². The molecule has 118 heavy (non-hydrogen) atoms. The molecule has 7 aromatic carbocycles. The molecule has 0 aliphatic carbocycles. The van der Waals surface area contributed by atoms with Crippen LogP contribution in [-0.2, 0) is 12.8 Å². The van der Waals surface area contributed by atoms with Crippen LogP contribution in [0.4, 0.5) is 8.78 Å². The Morgan fingerprint density at radius 1 is 0.339 bits per heavy atom. The van der Waals surface area contributed by atoms with E-state index >= 15 is 0 Å². The number of hydrogen-bond donors (Lipinski definition) is 0. The normalized spacial score (nSPS) is 11.3. The summed E-state index contributed by atoms with van der Waals surface area (Å²) in [6.45, 7) is 48.9. The highest BCUT2D eigenvalue weighted by molar-refractivity contribution is 5.83. The average Bonchev–Trinajstić information content (AvgIpc) is 1.41. The molecule has 2 aliphatic rings. The van der Waals surface area contributed by atoms with Crippen LogP contribution < -0.4 is 28.4 Å². The van der Waals surface area contributed by atoms with Crippen LogP contribution in [0.15, 0.2) is 220 Å². The van der Waals surface area contributed by atoms with E-state index in [0.717, 1.165) is 71.2 Å². The van der Waals surface area contributed by atoms with Crippen molar-refractivity contribution in [2.75, 3.05) is 41.2 Å². The minimum absolute atomic E-state index is 0.141. The van der Waals surface area contributed by atoms with Gasteiger partial charge in [-0.2, -0.15) is 0 Å². The lowest BCUT2D eigenvalue weighted by Crippen LogP contribution is -1.98. The third-order valence-corrected chi connectivity index (χ3v) is 19.2. The molecule has 0 atom stereocenters. The largest absolute Gasteiger partial charge is 0.494 e. The molecule has 5 aromatic heterocycles. The van der Waals surface area contributed by atoms with Crippen LogP contribution in [0.3, 0.4) is 0 Å². The van der Waals surface area contributed by atoms with Gasteiger partial charge in [0.1, 0.15) is 29.5 Å². The summed E-state index contributed by atoms with van der Waals surface area (Å²) < 4.78 is 57.6. The zero-order chi connectivity index (χ0) is 86.8. The van der Waals surface area contributed by atoms with Crippen molar-refractivity contribution in [1.29, 1.82) is 0 Å². The minimum atomic E-state index is -0.288. The van der Waals surface area contributed by atoms with E-state index in [2.05, 4.69) is 248 Å². The lowest BCUT2D eigenvalue weighted by molar-refractivity contribution is 0.312. The van der Waals surface area contributed by atoms with Crippen LogP contribution in [0.2, 0.25) is 0 Å². The van der Waals surface area contributed by atoms with Crippen molar-refractivity contribution in [1.82, 2.24) is 44.9 Å². The fourth-order valence-electron chi connectivity index (χ4n) is 11.2. The Bertz CT molecular complexity index is 4660. The summed E-state index contributed by atoms with van der Waals surface area (Å²) in [4.78, 5) is 36.1. The molecule has 0 radical (unpaired) electrons. The third-order valence-electron chi connectivity index (χ3n) is 19.2. The van der Waals surface area contributed by atoms with Gasteiger partial charge in [-0.05, 0) is 186 Å². The molecule has 0 bridgehead atoms. The van der Waals surface area contributed by atoms with Crippen LogP contribution in [0.1, 0.15) is 277 Å². The lowest BCUT2D eigenvalue weighted by Gasteiger charge is -2.08. The molecule has 0 fully saturated rings. The van der Waals surface area contributed by atoms with E-state index in [1.165, 1.54) is 68.5 Å². The number of hydrogen-bond acceptors (Lipinski definition) is 15. The maximum Gasteiger partial charge on any atom is 0.316 e. The van der Waals surface area contributed by atoms with Crippen LogP contribution in [0.25, 0.3) is 21.9 Å². The molecule has 0 amide bonds. The average molecular weight is 1610 g/mol. The van der Waals surface area contributed by atoms with Gasteiger partial charge in [0.15, 0.2) is 11.6 Å². The van der Waals surface area contributed by atoms with Crippen molar-refractivity contribution in [3.8, 4) is 46.3 Å². The summed E-state index contributed by atoms with van der Waals surface area (Å²) >= 11 is 0. The topological polar surface area (TPSA) is 171 Å². The number of nitrogens with zero attached hydrogens (tertiary/aromatic N) is 9. The van der Waals surface area contributed by atoms with Gasteiger partial charge >= 0.3 is 12.0 Å². The second kappa shape index (κ2) is 51.9. The highest BCUT2D eigenvalue weighted by Gasteiger charge is 2.16. The van der Waals surface area contributed by atoms with Crippen molar-refractivity contribution in [2.45, 2.75) is 224 Å². The van der Waals surface area contributed by atoms with E-state index in [0.29, 0.717) is 95.0 Å². The van der Waals surface area contributed by atoms with Crippen molar-refractivity contribution in [3.63, 3.8) is 0 Å². The standard InChI is InChI=1S/C15H15F.C13H14.2C11H14O.C10H13FO.C9H14N2O.C9H13NO.C8H12N2O.C8H12N2.C7H10N2/c1-11(2)13-8-9-14(15(16)10-13)12-6-4-3-5-7-12;1-10(2)12-8-7-11-5-3-4-6-13(11)9-12;1-8(2)9-3-4-11-10(7-9)5-6-12-11;1-8(2)10-4-3-9-5-6-12-11(9)7-10;1-7(2)8-4-5-10(12-3)9(11)6-8;1-4-12-9-10-5-8(6-11-9)7(2)3;1-7(2)8-4-5-9(11-3)10-6-8;1-6(2)7-4-9-8(11-3)10-5-7;1-6(2)8-4-9-7(3)10-5-8;1-6(2)7-3-8-5-9-4-7/h3-11H,1-2H3;3-10H,1-2H3;2*3-4,7-8H,5-6H2,1-2H3;4-7H,1-3H3;5-7H,4H2,1-3H3;4-7H,1-3H3;4-6H,1-3H3;4-6H,1-3H3;3-6H,1-2H3. The molecule has 0 spiro atoms. The first-order valence-corrected chi connectivity index (χ1v) is 41.4. The van der Waals surface area contributed by atoms with Gasteiger partial charge in [-0.1, -0.05) is 260 Å². The Morgan fingerprint density at radius 3 is 1.23 bits per heavy atom. The summed E-state index contributed by atoms with van der Waals surface area (Å²) in [5.41, 5.74) is 16.5. The molecule has 17 heteroatoms. The zero-order valence-corrected chi connectivity index (χ0v) is 74.8. The molecule has 0 saturated carbocycles. The number of benzene rings is 7. The van der Waals surface area contributed by atoms with Gasteiger partial charge in [0, 0.05) is 80.2 Å². The summed E-state index contributed by atoms with van der Waals surface area (Å²) in [6, 6.07) is 53.3. The Hall–Kier alpha value is -11.1. The van der Waals surface area contributed by atoms with Crippen LogP contribution in [-0.4, -0.2) is 86.0 Å². The Labute approximate surface area is 704 Å². The number of rotatable bonds is 16. The number of methoxy groups -OCH3 is 3. The molecule has 0 saturated heterocycles. The second-order valence-corrected chi connectivity index (χ2v) is 31.7. The molecule has 0 unspecified atom stereocenters. The van der Waals surface area contributed by atoms with E-state index in [9.17, 15) is 8.78 Å². The predicted octanol–water partition coefficient (Wildman–Crippen LogP) is 26.4. The maximum absolute atomic E-state index is 13.9. The second-order valence-electron chi connectivity index (χ2n) is 31.7.